The molecule has 1 unspecified atom stereocenters. The van der Waals surface area contributed by atoms with Crippen molar-refractivity contribution >= 4 is 27.4 Å². The Morgan fingerprint density at radius 2 is 1.87 bits per heavy atom. The summed E-state index contributed by atoms with van der Waals surface area (Å²) >= 11 is 0. The van der Waals surface area contributed by atoms with Gasteiger partial charge < -0.3 is 4.98 Å². The fourth-order valence-electron chi connectivity index (χ4n) is 4.51. The number of fused-ring (bicyclic) bond motifs is 5. The molecule has 114 valence electrons. The quantitative estimate of drug-likeness (QED) is 0.527. The van der Waals surface area contributed by atoms with E-state index in [4.69, 9.17) is 0 Å². The second-order valence-corrected chi connectivity index (χ2v) is 7.67. The number of hydrogen-bond donors (Lipinski definition) is 1. The van der Waals surface area contributed by atoms with Gasteiger partial charge in [-0.3, -0.25) is 0 Å². The molecule has 3 aromatic rings. The second kappa shape index (κ2) is 4.17. The van der Waals surface area contributed by atoms with E-state index < -0.39 is 0 Å². The lowest BCUT2D eigenvalue weighted by molar-refractivity contribution is 0.644. The molecule has 5 rings (SSSR count). The largest absolute Gasteiger partial charge is 0.355 e. The van der Waals surface area contributed by atoms with E-state index in [0.29, 0.717) is 5.92 Å². The zero-order chi connectivity index (χ0) is 15.8. The molecule has 0 radical (unpaired) electrons. The molecule has 0 spiro atoms. The van der Waals surface area contributed by atoms with Gasteiger partial charge in [0.25, 0.3) is 0 Å². The normalized spacial score (nSPS) is 22.0. The molecule has 0 bridgehead atoms. The number of para-hydroxylation sites is 1. The van der Waals surface area contributed by atoms with Crippen LogP contribution in [-0.2, 0) is 5.41 Å². The second-order valence-electron chi connectivity index (χ2n) is 7.67. The van der Waals surface area contributed by atoms with E-state index >= 15 is 0 Å². The SMILES string of the molecule is CC1C=CC2=C(C1)c1cc3c(cc1C2(C)C)[nH]c1ccccc13. The van der Waals surface area contributed by atoms with Crippen molar-refractivity contribution in [1.29, 1.82) is 0 Å². The Bertz CT molecular complexity index is 1030. The van der Waals surface area contributed by atoms with Gasteiger partial charge in [0.2, 0.25) is 0 Å². The van der Waals surface area contributed by atoms with E-state index in [2.05, 4.69) is 74.3 Å². The minimum atomic E-state index is 0.104. The predicted octanol–water partition coefficient (Wildman–Crippen LogP) is 5.96. The van der Waals surface area contributed by atoms with Gasteiger partial charge in [-0.15, -0.1) is 0 Å². The molecule has 2 aliphatic rings. The summed E-state index contributed by atoms with van der Waals surface area (Å²) in [5.74, 6) is 0.633. The molecule has 2 aromatic carbocycles. The molecule has 1 heterocycles. The van der Waals surface area contributed by atoms with E-state index in [0.717, 1.165) is 6.42 Å². The highest BCUT2D eigenvalue weighted by Gasteiger charge is 2.38. The third-order valence-electron chi connectivity index (χ3n) is 5.76. The van der Waals surface area contributed by atoms with Gasteiger partial charge >= 0.3 is 0 Å². The maximum absolute atomic E-state index is 3.60. The van der Waals surface area contributed by atoms with Crippen LogP contribution in [0.2, 0.25) is 0 Å². The number of aromatic amines is 1. The molecule has 23 heavy (non-hydrogen) atoms. The van der Waals surface area contributed by atoms with Gasteiger partial charge in [0.15, 0.2) is 0 Å². The fourth-order valence-corrected chi connectivity index (χ4v) is 4.51. The van der Waals surface area contributed by atoms with Crippen LogP contribution in [0.15, 0.2) is 54.1 Å². The van der Waals surface area contributed by atoms with Crippen molar-refractivity contribution in [2.75, 3.05) is 0 Å². The highest BCUT2D eigenvalue weighted by Crippen LogP contribution is 2.51. The van der Waals surface area contributed by atoms with Crippen LogP contribution in [0, 0.1) is 5.92 Å². The maximum atomic E-state index is 3.60. The van der Waals surface area contributed by atoms with Gasteiger partial charge in [0.1, 0.15) is 0 Å². The number of aromatic nitrogens is 1. The van der Waals surface area contributed by atoms with Crippen LogP contribution < -0.4 is 0 Å². The summed E-state index contributed by atoms with van der Waals surface area (Å²) in [4.78, 5) is 3.60. The molecule has 1 heteroatoms. The Hall–Kier alpha value is -2.28. The molecule has 0 aliphatic heterocycles. The van der Waals surface area contributed by atoms with Crippen LogP contribution in [-0.4, -0.2) is 4.98 Å². The molecule has 0 saturated heterocycles. The number of allylic oxidation sites excluding steroid dienone is 4. The molecule has 2 aliphatic carbocycles. The molecule has 1 atom stereocenters. The molecular weight excluding hydrogens is 278 g/mol. The summed E-state index contributed by atoms with van der Waals surface area (Å²) in [6.07, 6.45) is 5.90. The Labute approximate surface area is 136 Å². The van der Waals surface area contributed by atoms with Crippen molar-refractivity contribution < 1.29 is 0 Å². The summed E-state index contributed by atoms with van der Waals surface area (Å²) in [5.41, 5.74) is 8.62. The van der Waals surface area contributed by atoms with Crippen molar-refractivity contribution in [3.05, 3.63) is 65.3 Å². The Balaban J connectivity index is 1.87. The number of hydrogen-bond acceptors (Lipinski definition) is 0. The minimum absolute atomic E-state index is 0.104. The zero-order valence-electron chi connectivity index (χ0n) is 13.9. The average molecular weight is 299 g/mol. The lowest BCUT2D eigenvalue weighted by Crippen LogP contribution is -2.17. The van der Waals surface area contributed by atoms with Crippen LogP contribution in [0.1, 0.15) is 38.3 Å². The highest BCUT2D eigenvalue weighted by atomic mass is 14.7. The van der Waals surface area contributed by atoms with E-state index in [-0.39, 0.29) is 5.41 Å². The van der Waals surface area contributed by atoms with E-state index in [1.807, 2.05) is 0 Å². The molecular formula is C22H21N. The van der Waals surface area contributed by atoms with Gasteiger partial charge in [0, 0.05) is 27.2 Å². The number of benzene rings is 2. The predicted molar refractivity (Wildman–Crippen MR) is 98.7 cm³/mol. The fraction of sp³-hybridized carbons (Fsp3) is 0.273. The minimum Gasteiger partial charge on any atom is -0.355 e. The Morgan fingerprint density at radius 1 is 1.04 bits per heavy atom. The number of rotatable bonds is 0. The van der Waals surface area contributed by atoms with Crippen LogP contribution >= 0.6 is 0 Å². The van der Waals surface area contributed by atoms with Gasteiger partial charge in [-0.25, -0.2) is 0 Å². The monoisotopic (exact) mass is 299 g/mol. The first-order valence-corrected chi connectivity index (χ1v) is 8.53. The van der Waals surface area contributed by atoms with E-state index in [1.54, 1.807) is 5.57 Å². The Morgan fingerprint density at radius 3 is 2.74 bits per heavy atom. The third kappa shape index (κ3) is 1.63. The van der Waals surface area contributed by atoms with Crippen molar-refractivity contribution in [2.24, 2.45) is 5.92 Å². The zero-order valence-corrected chi connectivity index (χ0v) is 13.9. The van der Waals surface area contributed by atoms with Gasteiger partial charge in [-0.2, -0.15) is 0 Å². The molecule has 0 amide bonds. The topological polar surface area (TPSA) is 15.8 Å². The first kappa shape index (κ1) is 13.2. The molecule has 1 aromatic heterocycles. The number of H-pyrrole nitrogens is 1. The standard InChI is InChI=1S/C22H21N/c1-13-8-9-18-15(10-13)16-11-17-14-6-4-5-7-20(14)23-21(17)12-19(16)22(18,2)3/h4-9,11-13,23H,10H2,1-3H3. The van der Waals surface area contributed by atoms with Crippen LogP contribution in [0.5, 0.6) is 0 Å². The Kier molecular flexibility index (Phi) is 2.39. The molecule has 1 nitrogen and oxygen atoms in total. The first-order chi connectivity index (χ1) is 11.1. The smallest absolute Gasteiger partial charge is 0.0468 e. The molecule has 0 fully saturated rings. The van der Waals surface area contributed by atoms with Crippen LogP contribution in [0.4, 0.5) is 0 Å². The molecule has 0 saturated carbocycles. The summed E-state index contributed by atoms with van der Waals surface area (Å²) in [5, 5.41) is 2.68. The van der Waals surface area contributed by atoms with Crippen molar-refractivity contribution in [3.8, 4) is 0 Å². The van der Waals surface area contributed by atoms with Gasteiger partial charge in [0.05, 0.1) is 0 Å². The average Bonchev–Trinajstić information content (AvgIpc) is 3.00. The summed E-state index contributed by atoms with van der Waals surface area (Å²) < 4.78 is 0. The van der Waals surface area contributed by atoms with E-state index in [9.17, 15) is 0 Å². The lowest BCUT2D eigenvalue weighted by Gasteiger charge is -2.25. The van der Waals surface area contributed by atoms with Crippen molar-refractivity contribution in [3.63, 3.8) is 0 Å². The maximum Gasteiger partial charge on any atom is 0.0468 e. The van der Waals surface area contributed by atoms with E-state index in [1.165, 1.54) is 38.5 Å². The summed E-state index contributed by atoms with van der Waals surface area (Å²) in [6.45, 7) is 7.04. The highest BCUT2D eigenvalue weighted by molar-refractivity contribution is 6.09. The van der Waals surface area contributed by atoms with Crippen LogP contribution in [0.3, 0.4) is 0 Å². The summed E-state index contributed by atoms with van der Waals surface area (Å²) in [7, 11) is 0. The number of nitrogens with one attached hydrogen (secondary N) is 1. The first-order valence-electron chi connectivity index (χ1n) is 8.53. The summed E-state index contributed by atoms with van der Waals surface area (Å²) in [6, 6.07) is 13.4. The van der Waals surface area contributed by atoms with Crippen molar-refractivity contribution in [1.82, 2.24) is 4.98 Å². The molecule has 1 N–H and O–H groups in total. The third-order valence-corrected chi connectivity index (χ3v) is 5.76. The van der Waals surface area contributed by atoms with Gasteiger partial charge in [-0.05, 0) is 52.8 Å². The van der Waals surface area contributed by atoms with Crippen molar-refractivity contribution in [2.45, 2.75) is 32.6 Å². The van der Waals surface area contributed by atoms with Crippen LogP contribution in [0.25, 0.3) is 27.4 Å². The van der Waals surface area contributed by atoms with Gasteiger partial charge in [-0.1, -0.05) is 51.1 Å². The lowest BCUT2D eigenvalue weighted by atomic mass is 9.79.